The highest BCUT2D eigenvalue weighted by Gasteiger charge is 2.30. The Balaban J connectivity index is 1.15. The van der Waals surface area contributed by atoms with Gasteiger partial charge in [0.2, 0.25) is 0 Å². The molecule has 1 amide bonds. The first-order valence-electron chi connectivity index (χ1n) is 12.3. The van der Waals surface area contributed by atoms with Gasteiger partial charge in [-0.05, 0) is 85.7 Å². The zero-order valence-corrected chi connectivity index (χ0v) is 22.0. The van der Waals surface area contributed by atoms with Crippen LogP contribution in [-0.4, -0.2) is 44.9 Å². The summed E-state index contributed by atoms with van der Waals surface area (Å²) in [4.78, 5) is 13.2. The summed E-state index contributed by atoms with van der Waals surface area (Å²) in [6.45, 7) is 1.25. The molecule has 0 saturated carbocycles. The lowest BCUT2D eigenvalue weighted by Crippen LogP contribution is -2.42. The number of amides is 1. The summed E-state index contributed by atoms with van der Waals surface area (Å²) in [6, 6.07) is 17.2. The van der Waals surface area contributed by atoms with Crippen LogP contribution in [0.15, 0.2) is 58.8 Å². The Bertz CT molecular complexity index is 1340. The fraction of sp³-hybridized carbons (Fsp3) is 0.370. The molecule has 1 aromatic heterocycles. The topological polar surface area (TPSA) is 87.7 Å². The standard InChI is InChI=1S/C27H31N3O4S2/c1-34-24-7-3-6-21(17-24)27(31)28-18-25-10-11-26(35-25)36(32,33)30-14-12-22(13-15-30)29-23-9-8-19-4-2-5-20(19)16-23/h3,6-11,16-17,22,29H,2,4-5,12-15,18H2,1H3,(H,28,31). The number of hydrogen-bond acceptors (Lipinski definition) is 6. The predicted octanol–water partition coefficient (Wildman–Crippen LogP) is 4.44. The molecular formula is C27H31N3O4S2. The van der Waals surface area contributed by atoms with Gasteiger partial charge in [0.1, 0.15) is 9.96 Å². The second-order valence-corrected chi connectivity index (χ2v) is 12.6. The number of benzene rings is 2. The first-order chi connectivity index (χ1) is 17.4. The highest BCUT2D eigenvalue weighted by atomic mass is 32.2. The number of hydrogen-bond donors (Lipinski definition) is 2. The van der Waals surface area contributed by atoms with E-state index >= 15 is 0 Å². The van der Waals surface area contributed by atoms with Gasteiger partial charge < -0.3 is 15.4 Å². The summed E-state index contributed by atoms with van der Waals surface area (Å²) >= 11 is 1.21. The van der Waals surface area contributed by atoms with Gasteiger partial charge in [-0.15, -0.1) is 11.3 Å². The van der Waals surface area contributed by atoms with Crippen LogP contribution in [0.25, 0.3) is 0 Å². The average molecular weight is 526 g/mol. The van der Waals surface area contributed by atoms with Crippen LogP contribution >= 0.6 is 11.3 Å². The van der Waals surface area contributed by atoms with E-state index in [9.17, 15) is 13.2 Å². The second kappa shape index (κ2) is 10.6. The van der Waals surface area contributed by atoms with Crippen molar-refractivity contribution < 1.29 is 17.9 Å². The van der Waals surface area contributed by atoms with Crippen LogP contribution in [0.1, 0.15) is 45.6 Å². The molecule has 36 heavy (non-hydrogen) atoms. The third-order valence-electron chi connectivity index (χ3n) is 6.91. The first kappa shape index (κ1) is 24.8. The van der Waals surface area contributed by atoms with Crippen LogP contribution < -0.4 is 15.4 Å². The summed E-state index contributed by atoms with van der Waals surface area (Å²) in [5, 5.41) is 6.46. The molecule has 0 radical (unpaired) electrons. The Kier molecular flexibility index (Phi) is 7.32. The number of rotatable bonds is 8. The number of carbonyl (C=O) groups excluding carboxylic acids is 1. The maximum atomic E-state index is 13.2. The number of piperidine rings is 1. The van der Waals surface area contributed by atoms with Gasteiger partial charge in [0.05, 0.1) is 13.7 Å². The summed E-state index contributed by atoms with van der Waals surface area (Å²) in [7, 11) is -2.00. The van der Waals surface area contributed by atoms with Crippen LogP contribution in [-0.2, 0) is 29.4 Å². The van der Waals surface area contributed by atoms with E-state index in [0.29, 0.717) is 28.6 Å². The van der Waals surface area contributed by atoms with Crippen LogP contribution in [0, 0.1) is 0 Å². The van der Waals surface area contributed by atoms with Crippen molar-refractivity contribution in [1.82, 2.24) is 9.62 Å². The van der Waals surface area contributed by atoms with Gasteiger partial charge in [0, 0.05) is 35.3 Å². The first-order valence-corrected chi connectivity index (χ1v) is 14.6. The molecule has 0 spiro atoms. The molecule has 0 unspecified atom stereocenters. The minimum Gasteiger partial charge on any atom is -0.497 e. The summed E-state index contributed by atoms with van der Waals surface area (Å²) in [6.07, 6.45) is 5.09. The molecule has 1 fully saturated rings. The molecule has 1 aliphatic carbocycles. The maximum Gasteiger partial charge on any atom is 0.252 e. The lowest BCUT2D eigenvalue weighted by atomic mass is 10.0. The molecule has 1 saturated heterocycles. The van der Waals surface area contributed by atoms with Crippen LogP contribution in [0.2, 0.25) is 0 Å². The van der Waals surface area contributed by atoms with Gasteiger partial charge >= 0.3 is 0 Å². The van der Waals surface area contributed by atoms with E-state index in [1.165, 1.54) is 35.3 Å². The highest BCUT2D eigenvalue weighted by molar-refractivity contribution is 7.91. The zero-order chi connectivity index (χ0) is 25.1. The maximum absolute atomic E-state index is 13.2. The van der Waals surface area contributed by atoms with Crippen molar-refractivity contribution in [3.63, 3.8) is 0 Å². The molecule has 0 bridgehead atoms. The van der Waals surface area contributed by atoms with E-state index in [1.807, 2.05) is 0 Å². The molecule has 2 heterocycles. The van der Waals surface area contributed by atoms with Crippen molar-refractivity contribution in [3.8, 4) is 5.75 Å². The van der Waals surface area contributed by atoms with Crippen molar-refractivity contribution in [2.45, 2.75) is 48.9 Å². The average Bonchev–Trinajstić information content (AvgIpc) is 3.57. The molecule has 1 aliphatic heterocycles. The van der Waals surface area contributed by atoms with E-state index in [2.05, 4.69) is 28.8 Å². The van der Waals surface area contributed by atoms with Crippen molar-refractivity contribution >= 4 is 33.0 Å². The number of methoxy groups -OCH3 is 1. The number of carbonyl (C=O) groups is 1. The molecule has 2 aromatic carbocycles. The smallest absolute Gasteiger partial charge is 0.252 e. The molecule has 2 aliphatic rings. The van der Waals surface area contributed by atoms with Gasteiger partial charge in [0.25, 0.3) is 15.9 Å². The Morgan fingerprint density at radius 3 is 2.67 bits per heavy atom. The normalized spacial score (nSPS) is 16.5. The number of sulfonamides is 1. The number of aryl methyl sites for hydroxylation is 2. The summed E-state index contributed by atoms with van der Waals surface area (Å²) in [5.41, 5.74) is 4.52. The van der Waals surface area contributed by atoms with Crippen molar-refractivity contribution in [3.05, 3.63) is 76.2 Å². The monoisotopic (exact) mass is 525 g/mol. The van der Waals surface area contributed by atoms with E-state index in [4.69, 9.17) is 4.74 Å². The third kappa shape index (κ3) is 5.43. The van der Waals surface area contributed by atoms with E-state index in [-0.39, 0.29) is 18.5 Å². The van der Waals surface area contributed by atoms with Crippen molar-refractivity contribution in [1.29, 1.82) is 0 Å². The molecule has 0 atom stereocenters. The van der Waals surface area contributed by atoms with Crippen LogP contribution in [0.3, 0.4) is 0 Å². The number of thiophene rings is 1. The Morgan fingerprint density at radius 2 is 1.86 bits per heavy atom. The predicted molar refractivity (Wildman–Crippen MR) is 142 cm³/mol. The third-order valence-corrected chi connectivity index (χ3v) is 10.4. The van der Waals surface area contributed by atoms with E-state index in [0.717, 1.165) is 29.8 Å². The quantitative estimate of drug-likeness (QED) is 0.454. The molecule has 5 rings (SSSR count). The zero-order valence-electron chi connectivity index (χ0n) is 20.3. The van der Waals surface area contributed by atoms with Crippen molar-refractivity contribution in [2.24, 2.45) is 0 Å². The van der Waals surface area contributed by atoms with Gasteiger partial charge in [-0.3, -0.25) is 4.79 Å². The fourth-order valence-corrected chi connectivity index (χ4v) is 7.81. The Hall–Kier alpha value is -2.88. The van der Waals surface area contributed by atoms with E-state index < -0.39 is 10.0 Å². The van der Waals surface area contributed by atoms with Crippen LogP contribution in [0.5, 0.6) is 5.75 Å². The minimum atomic E-state index is -3.55. The molecule has 9 heteroatoms. The molecular weight excluding hydrogens is 494 g/mol. The lowest BCUT2D eigenvalue weighted by Gasteiger charge is -2.32. The van der Waals surface area contributed by atoms with Gasteiger partial charge in [0.15, 0.2) is 0 Å². The highest BCUT2D eigenvalue weighted by Crippen LogP contribution is 2.29. The van der Waals surface area contributed by atoms with Crippen molar-refractivity contribution in [2.75, 3.05) is 25.5 Å². The second-order valence-electron chi connectivity index (χ2n) is 9.30. The van der Waals surface area contributed by atoms with Gasteiger partial charge in [-0.1, -0.05) is 12.1 Å². The van der Waals surface area contributed by atoms with E-state index in [1.54, 1.807) is 47.8 Å². The largest absolute Gasteiger partial charge is 0.497 e. The number of anilines is 1. The van der Waals surface area contributed by atoms with Gasteiger partial charge in [-0.2, -0.15) is 4.31 Å². The molecule has 190 valence electrons. The van der Waals surface area contributed by atoms with Crippen LogP contribution in [0.4, 0.5) is 5.69 Å². The summed E-state index contributed by atoms with van der Waals surface area (Å²) < 4.78 is 33.5. The fourth-order valence-electron chi connectivity index (χ4n) is 4.89. The molecule has 2 N–H and O–H groups in total. The Morgan fingerprint density at radius 1 is 1.06 bits per heavy atom. The van der Waals surface area contributed by atoms with Gasteiger partial charge in [-0.25, -0.2) is 8.42 Å². The molecule has 7 nitrogen and oxygen atoms in total. The number of ether oxygens (including phenoxy) is 1. The number of nitrogens with one attached hydrogen (secondary N) is 2. The lowest BCUT2D eigenvalue weighted by molar-refractivity contribution is 0.0951. The number of nitrogens with zero attached hydrogens (tertiary/aromatic N) is 1. The SMILES string of the molecule is COc1cccc(C(=O)NCc2ccc(S(=O)(=O)N3CCC(Nc4ccc5c(c4)CCC5)CC3)s2)c1. The molecule has 3 aromatic rings. The minimum absolute atomic E-state index is 0.232. The summed E-state index contributed by atoms with van der Waals surface area (Å²) in [5.74, 6) is 0.378. The Labute approximate surface area is 216 Å². The number of fused-ring (bicyclic) bond motifs is 1.